The molecule has 0 spiro atoms. The van der Waals surface area contributed by atoms with E-state index in [0.29, 0.717) is 12.6 Å². The van der Waals surface area contributed by atoms with E-state index < -0.39 is 0 Å². The van der Waals surface area contributed by atoms with E-state index in [1.165, 1.54) is 31.5 Å². The lowest BCUT2D eigenvalue weighted by Gasteiger charge is -2.41. The van der Waals surface area contributed by atoms with Crippen molar-refractivity contribution < 1.29 is 4.39 Å². The first kappa shape index (κ1) is 14.4. The summed E-state index contributed by atoms with van der Waals surface area (Å²) >= 11 is 3.48. The number of hydrogen-bond acceptors (Lipinski definition) is 3. The van der Waals surface area contributed by atoms with Crippen LogP contribution in [0.5, 0.6) is 0 Å². The number of fused-ring (bicyclic) bond motifs is 1. The summed E-state index contributed by atoms with van der Waals surface area (Å²) in [7, 11) is 0. The Morgan fingerprint density at radius 3 is 2.95 bits per heavy atom. The molecule has 2 N–H and O–H groups in total. The third kappa shape index (κ3) is 2.77. The van der Waals surface area contributed by atoms with Crippen LogP contribution in [0, 0.1) is 5.82 Å². The van der Waals surface area contributed by atoms with E-state index in [4.69, 9.17) is 5.73 Å². The van der Waals surface area contributed by atoms with Crippen LogP contribution in [-0.2, 0) is 0 Å². The van der Waals surface area contributed by atoms with Gasteiger partial charge in [-0.05, 0) is 37.1 Å². The maximum absolute atomic E-state index is 13.3. The highest BCUT2D eigenvalue weighted by atomic mass is 79.9. The van der Waals surface area contributed by atoms with Gasteiger partial charge in [-0.1, -0.05) is 22.0 Å². The monoisotopic (exact) mass is 341 g/mol. The van der Waals surface area contributed by atoms with Gasteiger partial charge in [-0.25, -0.2) is 4.39 Å². The average Bonchev–Trinajstić information content (AvgIpc) is 2.89. The van der Waals surface area contributed by atoms with Gasteiger partial charge in [-0.3, -0.25) is 9.80 Å². The van der Waals surface area contributed by atoms with E-state index in [-0.39, 0.29) is 11.9 Å². The minimum absolute atomic E-state index is 0.174. The molecule has 2 aliphatic rings. The van der Waals surface area contributed by atoms with Crippen molar-refractivity contribution in [2.24, 2.45) is 5.73 Å². The molecule has 20 heavy (non-hydrogen) atoms. The zero-order valence-electron chi connectivity index (χ0n) is 11.6. The number of hydrogen-bond donors (Lipinski definition) is 1. The van der Waals surface area contributed by atoms with Crippen molar-refractivity contribution >= 4 is 15.9 Å². The second kappa shape index (κ2) is 6.10. The molecular weight excluding hydrogens is 321 g/mol. The standard InChI is InChI=1S/C15H21BrFN3/c16-14-8-11(17)3-4-13(14)15(9-18)20-7-6-19-5-1-2-12(19)10-20/h3-4,8,12,15H,1-2,5-7,9-10,18H2. The fourth-order valence-electron chi connectivity index (χ4n) is 3.54. The second-order valence-corrected chi connectivity index (χ2v) is 6.60. The van der Waals surface area contributed by atoms with Crippen molar-refractivity contribution in [1.82, 2.24) is 9.80 Å². The Balaban J connectivity index is 1.79. The van der Waals surface area contributed by atoms with E-state index in [0.717, 1.165) is 29.7 Å². The molecule has 1 aromatic carbocycles. The molecule has 5 heteroatoms. The summed E-state index contributed by atoms with van der Waals surface area (Å²) in [5.41, 5.74) is 7.11. The normalized spacial score (nSPS) is 25.6. The third-order valence-electron chi connectivity index (χ3n) is 4.60. The maximum Gasteiger partial charge on any atom is 0.124 e. The van der Waals surface area contributed by atoms with Crippen LogP contribution in [0.1, 0.15) is 24.4 Å². The van der Waals surface area contributed by atoms with Gasteiger partial charge >= 0.3 is 0 Å². The van der Waals surface area contributed by atoms with Crippen molar-refractivity contribution in [1.29, 1.82) is 0 Å². The number of rotatable bonds is 3. The number of piperazine rings is 1. The topological polar surface area (TPSA) is 32.5 Å². The molecule has 0 saturated carbocycles. The predicted octanol–water partition coefficient (Wildman–Crippen LogP) is 2.37. The SMILES string of the molecule is NCC(c1ccc(F)cc1Br)N1CCN2CCCC2C1. The summed E-state index contributed by atoms with van der Waals surface area (Å²) < 4.78 is 14.1. The fourth-order valence-corrected chi connectivity index (χ4v) is 4.16. The molecule has 0 bridgehead atoms. The molecule has 2 unspecified atom stereocenters. The van der Waals surface area contributed by atoms with Crippen LogP contribution in [0.2, 0.25) is 0 Å². The molecule has 2 heterocycles. The minimum Gasteiger partial charge on any atom is -0.329 e. The Hall–Kier alpha value is -0.490. The quantitative estimate of drug-likeness (QED) is 0.915. The van der Waals surface area contributed by atoms with Gasteiger partial charge < -0.3 is 5.73 Å². The van der Waals surface area contributed by atoms with Gasteiger partial charge in [0.2, 0.25) is 0 Å². The van der Waals surface area contributed by atoms with Crippen LogP contribution in [-0.4, -0.2) is 48.6 Å². The van der Waals surface area contributed by atoms with Gasteiger partial charge in [0.1, 0.15) is 5.82 Å². The average molecular weight is 342 g/mol. The summed E-state index contributed by atoms with van der Waals surface area (Å²) in [6, 6.07) is 5.76. The molecule has 2 fully saturated rings. The highest BCUT2D eigenvalue weighted by Crippen LogP contribution is 2.31. The molecule has 2 atom stereocenters. The Bertz CT molecular complexity index is 482. The van der Waals surface area contributed by atoms with E-state index in [2.05, 4.69) is 25.7 Å². The number of nitrogens with zero attached hydrogens (tertiary/aromatic N) is 2. The Kier molecular flexibility index (Phi) is 4.40. The first-order chi connectivity index (χ1) is 9.69. The fraction of sp³-hybridized carbons (Fsp3) is 0.600. The Labute approximate surface area is 128 Å². The van der Waals surface area contributed by atoms with Crippen molar-refractivity contribution in [2.45, 2.75) is 24.9 Å². The first-order valence-corrected chi connectivity index (χ1v) is 8.11. The zero-order valence-corrected chi connectivity index (χ0v) is 13.2. The Morgan fingerprint density at radius 2 is 2.20 bits per heavy atom. The van der Waals surface area contributed by atoms with Crippen molar-refractivity contribution in [3.8, 4) is 0 Å². The van der Waals surface area contributed by atoms with Crippen molar-refractivity contribution in [3.05, 3.63) is 34.1 Å². The molecule has 0 amide bonds. The second-order valence-electron chi connectivity index (χ2n) is 5.74. The van der Waals surface area contributed by atoms with Crippen LogP contribution in [0.15, 0.2) is 22.7 Å². The number of benzene rings is 1. The highest BCUT2D eigenvalue weighted by molar-refractivity contribution is 9.10. The lowest BCUT2D eigenvalue weighted by Crippen LogP contribution is -2.52. The van der Waals surface area contributed by atoms with Crippen LogP contribution in [0.4, 0.5) is 4.39 Å². The number of nitrogens with two attached hydrogens (primary N) is 1. The summed E-state index contributed by atoms with van der Waals surface area (Å²) in [6.07, 6.45) is 2.60. The van der Waals surface area contributed by atoms with Crippen LogP contribution >= 0.6 is 15.9 Å². The summed E-state index contributed by atoms with van der Waals surface area (Å²) in [6.45, 7) is 5.05. The maximum atomic E-state index is 13.3. The molecule has 2 aliphatic heterocycles. The van der Waals surface area contributed by atoms with Crippen molar-refractivity contribution in [2.75, 3.05) is 32.7 Å². The predicted molar refractivity (Wildman–Crippen MR) is 82.1 cm³/mol. The van der Waals surface area contributed by atoms with Gasteiger partial charge in [0.15, 0.2) is 0 Å². The lowest BCUT2D eigenvalue weighted by atomic mass is 10.0. The van der Waals surface area contributed by atoms with Crippen molar-refractivity contribution in [3.63, 3.8) is 0 Å². The smallest absolute Gasteiger partial charge is 0.124 e. The van der Waals surface area contributed by atoms with Crippen LogP contribution < -0.4 is 5.73 Å². The van der Waals surface area contributed by atoms with E-state index in [1.807, 2.05) is 6.07 Å². The van der Waals surface area contributed by atoms with E-state index in [9.17, 15) is 4.39 Å². The van der Waals surface area contributed by atoms with Gasteiger partial charge in [0.05, 0.1) is 0 Å². The summed E-state index contributed by atoms with van der Waals surface area (Å²) in [5.74, 6) is -0.211. The molecule has 0 aromatic heterocycles. The molecule has 0 aliphatic carbocycles. The first-order valence-electron chi connectivity index (χ1n) is 7.32. The van der Waals surface area contributed by atoms with Crippen LogP contribution in [0.25, 0.3) is 0 Å². The van der Waals surface area contributed by atoms with E-state index >= 15 is 0 Å². The van der Waals surface area contributed by atoms with Crippen LogP contribution in [0.3, 0.4) is 0 Å². The molecule has 3 rings (SSSR count). The minimum atomic E-state index is -0.211. The number of halogens is 2. The molecular formula is C15H21BrFN3. The molecule has 110 valence electrons. The zero-order chi connectivity index (χ0) is 14.1. The molecule has 1 aromatic rings. The van der Waals surface area contributed by atoms with Gasteiger partial charge in [0, 0.05) is 42.7 Å². The van der Waals surface area contributed by atoms with Gasteiger partial charge in [0.25, 0.3) is 0 Å². The highest BCUT2D eigenvalue weighted by Gasteiger charge is 2.33. The lowest BCUT2D eigenvalue weighted by molar-refractivity contribution is 0.0735. The molecule has 2 saturated heterocycles. The van der Waals surface area contributed by atoms with E-state index in [1.54, 1.807) is 0 Å². The molecule has 0 radical (unpaired) electrons. The summed E-state index contributed by atoms with van der Waals surface area (Å²) in [4.78, 5) is 5.05. The summed E-state index contributed by atoms with van der Waals surface area (Å²) in [5, 5.41) is 0. The third-order valence-corrected chi connectivity index (χ3v) is 5.29. The Morgan fingerprint density at radius 1 is 1.35 bits per heavy atom. The van der Waals surface area contributed by atoms with Gasteiger partial charge in [-0.2, -0.15) is 0 Å². The largest absolute Gasteiger partial charge is 0.329 e. The van der Waals surface area contributed by atoms with Gasteiger partial charge in [-0.15, -0.1) is 0 Å². The molecule has 3 nitrogen and oxygen atoms in total.